The number of benzene rings is 1. The van der Waals surface area contributed by atoms with Gasteiger partial charge in [-0.1, -0.05) is 12.1 Å². The van der Waals surface area contributed by atoms with E-state index in [9.17, 15) is 14.7 Å². The van der Waals surface area contributed by atoms with Gasteiger partial charge in [-0.3, -0.25) is 4.79 Å². The van der Waals surface area contributed by atoms with Crippen molar-refractivity contribution in [2.45, 2.75) is 52.0 Å². The number of aliphatic hydroxyl groups is 1. The number of hydrogen-bond acceptors (Lipinski definition) is 10. The summed E-state index contributed by atoms with van der Waals surface area (Å²) in [6, 6.07) is 11.2. The van der Waals surface area contributed by atoms with E-state index in [4.69, 9.17) is 14.2 Å². The molecule has 39 heavy (non-hydrogen) atoms. The van der Waals surface area contributed by atoms with Crippen molar-refractivity contribution in [1.29, 1.82) is 0 Å². The molecule has 1 amide bonds. The third kappa shape index (κ3) is 6.37. The molecular formula is C28H32N4O6S. The number of hydrogen-bond donors (Lipinski definition) is 3. The van der Waals surface area contributed by atoms with Gasteiger partial charge in [0, 0.05) is 24.1 Å². The largest absolute Gasteiger partial charge is 0.495 e. The maximum atomic E-state index is 12.4. The molecule has 0 bridgehead atoms. The molecule has 1 aliphatic rings. The predicted octanol–water partition coefficient (Wildman–Crippen LogP) is 3.82. The zero-order valence-corrected chi connectivity index (χ0v) is 23.1. The zero-order valence-electron chi connectivity index (χ0n) is 22.3. The standard InChI is InChI=1S/C28H32N4O6S/c1-5-36-21(27(35)37-6-2)14-19-7-9-20(10-8-19)38-18(4)26-17(3)13-23(39-26)28(22-11-12-29-16-30-22)31-24(33)15-25(34)32-28/h7-13,15-16,18,21,31,33H,5-6,14H2,1-4H3,(H,32,34). The third-order valence-electron chi connectivity index (χ3n) is 6.13. The Kier molecular flexibility index (Phi) is 8.82. The van der Waals surface area contributed by atoms with Crippen LogP contribution < -0.4 is 15.4 Å². The van der Waals surface area contributed by atoms with Gasteiger partial charge in [0.2, 0.25) is 0 Å². The van der Waals surface area contributed by atoms with E-state index < -0.39 is 17.7 Å². The summed E-state index contributed by atoms with van der Waals surface area (Å²) in [7, 11) is 0. The van der Waals surface area contributed by atoms with E-state index in [0.717, 1.165) is 27.0 Å². The fourth-order valence-corrected chi connectivity index (χ4v) is 5.67. The molecule has 0 saturated carbocycles. The summed E-state index contributed by atoms with van der Waals surface area (Å²) in [6.07, 6.45) is 3.49. The summed E-state index contributed by atoms with van der Waals surface area (Å²) in [5, 5.41) is 16.2. The van der Waals surface area contributed by atoms with Crippen LogP contribution in [0.25, 0.3) is 0 Å². The monoisotopic (exact) mass is 552 g/mol. The van der Waals surface area contributed by atoms with Crippen molar-refractivity contribution in [3.8, 4) is 5.75 Å². The molecule has 11 heteroatoms. The SMILES string of the molecule is CCOC(=O)C(Cc1ccc(OC(C)c2sc(C3(c4ccncn4)NC(=O)C=C(O)N3)cc2C)cc1)OCC. The van der Waals surface area contributed by atoms with Crippen LogP contribution in [-0.4, -0.2) is 46.3 Å². The molecule has 3 N–H and O–H groups in total. The van der Waals surface area contributed by atoms with Crippen LogP contribution in [0.5, 0.6) is 5.75 Å². The molecule has 3 atom stereocenters. The topological polar surface area (TPSA) is 132 Å². The lowest BCUT2D eigenvalue weighted by Crippen LogP contribution is -2.59. The highest BCUT2D eigenvalue weighted by atomic mass is 32.1. The van der Waals surface area contributed by atoms with Crippen molar-refractivity contribution in [1.82, 2.24) is 20.6 Å². The van der Waals surface area contributed by atoms with E-state index in [1.807, 2.05) is 51.1 Å². The van der Waals surface area contributed by atoms with Crippen LogP contribution >= 0.6 is 11.3 Å². The fourth-order valence-electron chi connectivity index (χ4n) is 4.40. The van der Waals surface area contributed by atoms with Gasteiger partial charge in [0.05, 0.1) is 23.3 Å². The lowest BCUT2D eigenvalue weighted by molar-refractivity contribution is -0.156. The molecule has 4 rings (SSSR count). The maximum Gasteiger partial charge on any atom is 0.335 e. The molecule has 0 saturated heterocycles. The summed E-state index contributed by atoms with van der Waals surface area (Å²) in [4.78, 5) is 34.6. The molecule has 3 unspecified atom stereocenters. The van der Waals surface area contributed by atoms with Crippen molar-refractivity contribution in [3.63, 3.8) is 0 Å². The van der Waals surface area contributed by atoms with Crippen LogP contribution in [0.1, 0.15) is 53.5 Å². The molecular weight excluding hydrogens is 520 g/mol. The van der Waals surface area contributed by atoms with Gasteiger partial charge in [-0.25, -0.2) is 14.8 Å². The summed E-state index contributed by atoms with van der Waals surface area (Å²) >= 11 is 1.45. The minimum Gasteiger partial charge on any atom is -0.495 e. The number of nitrogens with one attached hydrogen (secondary N) is 2. The number of carbonyl (C=O) groups is 2. The first kappa shape index (κ1) is 28.1. The highest BCUT2D eigenvalue weighted by Crippen LogP contribution is 2.39. The van der Waals surface area contributed by atoms with Crippen LogP contribution in [0.4, 0.5) is 0 Å². The molecule has 0 aliphatic carbocycles. The van der Waals surface area contributed by atoms with E-state index >= 15 is 0 Å². The number of esters is 1. The lowest BCUT2D eigenvalue weighted by Gasteiger charge is -2.36. The molecule has 0 radical (unpaired) electrons. The van der Waals surface area contributed by atoms with Gasteiger partial charge in [-0.2, -0.15) is 0 Å². The Bertz CT molecular complexity index is 1330. The van der Waals surface area contributed by atoms with E-state index in [0.29, 0.717) is 31.1 Å². The van der Waals surface area contributed by atoms with Gasteiger partial charge in [-0.05, 0) is 63.1 Å². The van der Waals surface area contributed by atoms with Gasteiger partial charge in [0.1, 0.15) is 18.2 Å². The average Bonchev–Trinajstić information content (AvgIpc) is 3.32. The molecule has 0 spiro atoms. The van der Waals surface area contributed by atoms with E-state index in [1.165, 1.54) is 17.7 Å². The smallest absolute Gasteiger partial charge is 0.335 e. The minimum absolute atomic E-state index is 0.260. The zero-order chi connectivity index (χ0) is 28.0. The quantitative estimate of drug-likeness (QED) is 0.304. The van der Waals surface area contributed by atoms with Crippen LogP contribution in [0.3, 0.4) is 0 Å². The molecule has 0 fully saturated rings. The summed E-state index contributed by atoms with van der Waals surface area (Å²) in [6.45, 7) is 8.25. The van der Waals surface area contributed by atoms with Crippen molar-refractivity contribution in [3.05, 3.63) is 87.5 Å². The first-order valence-electron chi connectivity index (χ1n) is 12.7. The molecule has 1 aromatic carbocycles. The number of amides is 1. The number of aryl methyl sites for hydroxylation is 1. The third-order valence-corrected chi connectivity index (χ3v) is 7.65. The van der Waals surface area contributed by atoms with E-state index in [2.05, 4.69) is 20.6 Å². The van der Waals surface area contributed by atoms with Crippen LogP contribution in [0.2, 0.25) is 0 Å². The van der Waals surface area contributed by atoms with Gasteiger partial charge >= 0.3 is 5.97 Å². The van der Waals surface area contributed by atoms with Crippen molar-refractivity contribution >= 4 is 23.2 Å². The number of ether oxygens (including phenoxy) is 3. The number of rotatable bonds is 11. The Morgan fingerprint density at radius 1 is 1.15 bits per heavy atom. The summed E-state index contributed by atoms with van der Waals surface area (Å²) in [5.74, 6) is -0.412. The first-order chi connectivity index (χ1) is 18.8. The van der Waals surface area contributed by atoms with E-state index in [1.54, 1.807) is 19.2 Å². The summed E-state index contributed by atoms with van der Waals surface area (Å²) < 4.78 is 16.9. The normalized spacial score (nSPS) is 18.4. The lowest BCUT2D eigenvalue weighted by atomic mass is 10.0. The van der Waals surface area contributed by atoms with Crippen molar-refractivity contribution < 1.29 is 28.9 Å². The Labute approximate surface area is 231 Å². The molecule has 206 valence electrons. The Morgan fingerprint density at radius 2 is 1.92 bits per heavy atom. The number of thiophene rings is 1. The van der Waals surface area contributed by atoms with Crippen LogP contribution in [0.15, 0.2) is 60.9 Å². The van der Waals surface area contributed by atoms with Gasteiger partial charge < -0.3 is 30.0 Å². The Balaban J connectivity index is 1.53. The van der Waals surface area contributed by atoms with Gasteiger partial charge in [0.15, 0.2) is 17.6 Å². The fraction of sp³-hybridized carbons (Fsp3) is 0.357. The maximum absolute atomic E-state index is 12.4. The summed E-state index contributed by atoms with van der Waals surface area (Å²) in [5.41, 5.74) is 1.11. The second-order valence-electron chi connectivity index (χ2n) is 8.95. The van der Waals surface area contributed by atoms with Crippen LogP contribution in [0, 0.1) is 6.92 Å². The average molecular weight is 553 g/mol. The molecule has 10 nitrogen and oxygen atoms in total. The number of aliphatic hydroxyl groups excluding tert-OH is 1. The minimum atomic E-state index is -1.26. The van der Waals surface area contributed by atoms with Gasteiger partial charge in [-0.15, -0.1) is 11.3 Å². The van der Waals surface area contributed by atoms with Gasteiger partial charge in [0.25, 0.3) is 5.91 Å². The first-order valence-corrected chi connectivity index (χ1v) is 13.5. The molecule has 3 heterocycles. The molecule has 2 aromatic heterocycles. The Hall–Kier alpha value is -3.96. The van der Waals surface area contributed by atoms with Crippen LogP contribution in [-0.2, 0) is 31.1 Å². The highest BCUT2D eigenvalue weighted by Gasteiger charge is 2.42. The number of carbonyl (C=O) groups excluding carboxylic acids is 2. The predicted molar refractivity (Wildman–Crippen MR) is 145 cm³/mol. The van der Waals surface area contributed by atoms with Crippen molar-refractivity contribution in [2.75, 3.05) is 13.2 Å². The second kappa shape index (κ2) is 12.3. The van der Waals surface area contributed by atoms with E-state index in [-0.39, 0.29) is 18.0 Å². The Morgan fingerprint density at radius 3 is 2.56 bits per heavy atom. The number of nitrogens with zero attached hydrogens (tertiary/aromatic N) is 2. The second-order valence-corrected chi connectivity index (χ2v) is 10.0. The number of aromatic nitrogens is 2. The molecule has 1 aliphatic heterocycles. The molecule has 3 aromatic rings. The highest BCUT2D eigenvalue weighted by molar-refractivity contribution is 7.12. The van der Waals surface area contributed by atoms with Crippen molar-refractivity contribution in [2.24, 2.45) is 0 Å².